The van der Waals surface area contributed by atoms with Gasteiger partial charge in [0.2, 0.25) is 0 Å². The quantitative estimate of drug-likeness (QED) is 0.425. The minimum Gasteiger partial charge on any atom is -0.280 e. The van der Waals surface area contributed by atoms with Crippen molar-refractivity contribution in [3.05, 3.63) is 84.8 Å². The summed E-state index contributed by atoms with van der Waals surface area (Å²) < 4.78 is 7.03. The van der Waals surface area contributed by atoms with Crippen molar-refractivity contribution in [3.8, 4) is 17.1 Å². The molecule has 0 radical (unpaired) electrons. The van der Waals surface area contributed by atoms with Crippen LogP contribution in [0.1, 0.15) is 5.56 Å². The fourth-order valence-electron chi connectivity index (χ4n) is 4.03. The van der Waals surface area contributed by atoms with Crippen molar-refractivity contribution < 1.29 is 4.57 Å². The van der Waals surface area contributed by atoms with Gasteiger partial charge in [0.15, 0.2) is 5.52 Å². The highest BCUT2D eigenvalue weighted by Gasteiger charge is 2.36. The van der Waals surface area contributed by atoms with E-state index < -0.39 is 0 Å². The number of pyridine rings is 2. The molecule has 0 saturated heterocycles. The molecule has 4 nitrogen and oxygen atoms in total. The average molecular weight is 323 g/mol. The summed E-state index contributed by atoms with van der Waals surface area (Å²) in [6, 6.07) is 21.3. The number of imidazole rings is 1. The molecule has 0 aliphatic carbocycles. The van der Waals surface area contributed by atoms with Crippen LogP contribution in [-0.4, -0.2) is 14.0 Å². The van der Waals surface area contributed by atoms with Gasteiger partial charge in [-0.2, -0.15) is 4.57 Å². The summed E-state index contributed by atoms with van der Waals surface area (Å²) in [6.45, 7) is 0.889. The fraction of sp³-hybridized carbons (Fsp3) is 0.0476. The van der Waals surface area contributed by atoms with E-state index in [4.69, 9.17) is 0 Å². The zero-order chi connectivity index (χ0) is 16.4. The molecular formula is C21H15N4+. The summed E-state index contributed by atoms with van der Waals surface area (Å²) in [5.74, 6) is 1.21. The van der Waals surface area contributed by atoms with Gasteiger partial charge in [0, 0.05) is 30.2 Å². The topological polar surface area (TPSA) is 26.1 Å². The molecule has 4 aromatic heterocycles. The van der Waals surface area contributed by atoms with E-state index in [1.807, 2.05) is 12.4 Å². The SMILES string of the molecule is c1ccc(-n2c3[n+](c4cc5ccccn5c42)Cc2ccncc2-3)cc1. The van der Waals surface area contributed by atoms with Crippen LogP contribution < -0.4 is 4.57 Å². The summed E-state index contributed by atoms with van der Waals surface area (Å²) in [6.07, 6.45) is 6.00. The Labute approximate surface area is 144 Å². The minimum atomic E-state index is 0.889. The van der Waals surface area contributed by atoms with Gasteiger partial charge in [-0.1, -0.05) is 24.3 Å². The maximum Gasteiger partial charge on any atom is 0.298 e. The van der Waals surface area contributed by atoms with E-state index >= 15 is 0 Å². The third-order valence-corrected chi connectivity index (χ3v) is 5.10. The van der Waals surface area contributed by atoms with E-state index in [1.165, 1.54) is 39.3 Å². The Kier molecular flexibility index (Phi) is 2.37. The second-order valence-electron chi connectivity index (χ2n) is 6.46. The van der Waals surface area contributed by atoms with E-state index in [1.54, 1.807) is 0 Å². The first-order valence-electron chi connectivity index (χ1n) is 8.45. The normalized spacial score (nSPS) is 12.6. The van der Waals surface area contributed by atoms with Crippen LogP contribution in [0.15, 0.2) is 79.3 Å². The van der Waals surface area contributed by atoms with Crippen LogP contribution in [0.5, 0.6) is 0 Å². The zero-order valence-electron chi connectivity index (χ0n) is 13.5. The molecule has 1 aliphatic heterocycles. The van der Waals surface area contributed by atoms with Crippen LogP contribution in [-0.2, 0) is 6.54 Å². The van der Waals surface area contributed by atoms with Crippen LogP contribution in [0.4, 0.5) is 0 Å². The molecule has 118 valence electrons. The van der Waals surface area contributed by atoms with E-state index in [-0.39, 0.29) is 0 Å². The first-order chi connectivity index (χ1) is 12.4. The molecule has 0 bridgehead atoms. The van der Waals surface area contributed by atoms with Crippen molar-refractivity contribution in [3.63, 3.8) is 0 Å². The average Bonchev–Trinajstić information content (AvgIpc) is 3.30. The highest BCUT2D eigenvalue weighted by atomic mass is 15.2. The van der Waals surface area contributed by atoms with Gasteiger partial charge in [-0.05, 0) is 30.3 Å². The Morgan fingerprint density at radius 1 is 0.960 bits per heavy atom. The van der Waals surface area contributed by atoms with Crippen LogP contribution in [0.3, 0.4) is 0 Å². The van der Waals surface area contributed by atoms with Crippen molar-refractivity contribution in [2.75, 3.05) is 0 Å². The molecule has 4 heteroatoms. The molecule has 1 aliphatic rings. The highest BCUT2D eigenvalue weighted by Crippen LogP contribution is 2.34. The second kappa shape index (κ2) is 4.57. The Hall–Kier alpha value is -3.40. The first-order valence-corrected chi connectivity index (χ1v) is 8.45. The maximum atomic E-state index is 4.37. The molecule has 0 fully saturated rings. The smallest absolute Gasteiger partial charge is 0.280 e. The zero-order valence-corrected chi connectivity index (χ0v) is 13.5. The second-order valence-corrected chi connectivity index (χ2v) is 6.46. The fourth-order valence-corrected chi connectivity index (χ4v) is 4.03. The molecule has 25 heavy (non-hydrogen) atoms. The van der Waals surface area contributed by atoms with Crippen molar-refractivity contribution in [1.82, 2.24) is 14.0 Å². The number of benzene rings is 1. The number of hydrogen-bond acceptors (Lipinski definition) is 1. The monoisotopic (exact) mass is 323 g/mol. The van der Waals surface area contributed by atoms with Gasteiger partial charge in [0.05, 0.1) is 11.1 Å². The molecule has 1 aromatic carbocycles. The Morgan fingerprint density at radius 2 is 1.84 bits per heavy atom. The third-order valence-electron chi connectivity index (χ3n) is 5.10. The number of rotatable bonds is 1. The van der Waals surface area contributed by atoms with Crippen molar-refractivity contribution in [1.29, 1.82) is 0 Å². The van der Waals surface area contributed by atoms with Crippen molar-refractivity contribution in [2.45, 2.75) is 6.54 Å². The lowest BCUT2D eigenvalue weighted by atomic mass is 10.2. The molecule has 0 N–H and O–H groups in total. The molecular weight excluding hydrogens is 308 g/mol. The van der Waals surface area contributed by atoms with Gasteiger partial charge in [-0.25, -0.2) is 4.57 Å². The van der Waals surface area contributed by atoms with Gasteiger partial charge in [-0.15, -0.1) is 0 Å². The Bertz CT molecular complexity index is 1260. The lowest BCUT2D eigenvalue weighted by Gasteiger charge is -2.02. The third kappa shape index (κ3) is 1.61. The van der Waals surface area contributed by atoms with Crippen LogP contribution >= 0.6 is 0 Å². The molecule has 0 spiro atoms. The Morgan fingerprint density at radius 3 is 2.76 bits per heavy atom. The molecule has 0 amide bonds. The molecule has 0 unspecified atom stereocenters. The van der Waals surface area contributed by atoms with Crippen LogP contribution in [0.25, 0.3) is 33.8 Å². The van der Waals surface area contributed by atoms with Crippen LogP contribution in [0, 0.1) is 0 Å². The maximum absolute atomic E-state index is 4.37. The van der Waals surface area contributed by atoms with Gasteiger partial charge < -0.3 is 0 Å². The predicted octanol–water partition coefficient (Wildman–Crippen LogP) is 3.59. The summed E-state index contributed by atoms with van der Waals surface area (Å²) in [5.41, 5.74) is 7.37. The highest BCUT2D eigenvalue weighted by molar-refractivity contribution is 5.84. The van der Waals surface area contributed by atoms with Gasteiger partial charge >= 0.3 is 0 Å². The molecule has 0 atom stereocenters. The summed E-state index contributed by atoms with van der Waals surface area (Å²) >= 11 is 0. The Balaban J connectivity index is 1.84. The van der Waals surface area contributed by atoms with Crippen molar-refractivity contribution >= 4 is 16.7 Å². The largest absolute Gasteiger partial charge is 0.298 e. The number of aromatic nitrogens is 4. The minimum absolute atomic E-state index is 0.889. The lowest BCUT2D eigenvalue weighted by Crippen LogP contribution is -2.31. The number of nitrogens with zero attached hydrogens (tertiary/aromatic N) is 4. The first kappa shape index (κ1) is 13.0. The van der Waals surface area contributed by atoms with Gasteiger partial charge in [-0.3, -0.25) is 9.38 Å². The number of fused-ring (bicyclic) bond motifs is 7. The van der Waals surface area contributed by atoms with E-state index in [2.05, 4.69) is 85.4 Å². The number of para-hydroxylation sites is 1. The molecule has 5 aromatic rings. The molecule has 0 saturated carbocycles. The molecule has 5 heterocycles. The van der Waals surface area contributed by atoms with Crippen LogP contribution in [0.2, 0.25) is 0 Å². The van der Waals surface area contributed by atoms with E-state index in [0.717, 1.165) is 6.54 Å². The standard InChI is InChI=1S/C21H15N4/c1-2-6-16(7-3-1)25-20-18-13-22-10-9-15(18)14-24(20)19-12-17-8-4-5-11-23(17)21(19)25/h1-13H,14H2/q+1. The number of hydrogen-bond donors (Lipinski definition) is 0. The molecule has 6 rings (SSSR count). The predicted molar refractivity (Wildman–Crippen MR) is 96.8 cm³/mol. The van der Waals surface area contributed by atoms with Crippen molar-refractivity contribution in [2.24, 2.45) is 0 Å². The van der Waals surface area contributed by atoms with E-state index in [0.29, 0.717) is 0 Å². The summed E-state index contributed by atoms with van der Waals surface area (Å²) in [4.78, 5) is 4.37. The lowest BCUT2D eigenvalue weighted by molar-refractivity contribution is -0.645. The van der Waals surface area contributed by atoms with Gasteiger partial charge in [0.25, 0.3) is 11.5 Å². The summed E-state index contributed by atoms with van der Waals surface area (Å²) in [7, 11) is 0. The summed E-state index contributed by atoms with van der Waals surface area (Å²) in [5, 5.41) is 0. The van der Waals surface area contributed by atoms with Gasteiger partial charge in [0.1, 0.15) is 12.2 Å². The van der Waals surface area contributed by atoms with E-state index in [9.17, 15) is 0 Å².